The Hall–Kier alpha value is -0.720. The van der Waals surface area contributed by atoms with E-state index in [4.69, 9.17) is 0 Å². The van der Waals surface area contributed by atoms with E-state index in [0.29, 0.717) is 5.92 Å². The van der Waals surface area contributed by atoms with Crippen LogP contribution in [0.15, 0.2) is 23.4 Å². The maximum atomic E-state index is 3.13. The zero-order chi connectivity index (χ0) is 7.56. The molecule has 0 spiro atoms. The second kappa shape index (κ2) is 2.91. The largest absolute Gasteiger partial charge is 0.380 e. The summed E-state index contributed by atoms with van der Waals surface area (Å²) in [5.41, 5.74) is 2.63. The molecule has 1 rings (SSSR count). The van der Waals surface area contributed by atoms with Gasteiger partial charge in [0.15, 0.2) is 0 Å². The highest BCUT2D eigenvalue weighted by atomic mass is 14.9. The minimum absolute atomic E-state index is 0.633. The minimum Gasteiger partial charge on any atom is -0.380 e. The van der Waals surface area contributed by atoms with Crippen LogP contribution in [0.25, 0.3) is 0 Å². The second-order valence-corrected chi connectivity index (χ2v) is 2.96. The van der Waals surface area contributed by atoms with Crippen LogP contribution in [0.2, 0.25) is 0 Å². The molecule has 1 aliphatic heterocycles. The van der Waals surface area contributed by atoms with E-state index in [1.165, 1.54) is 11.3 Å². The van der Waals surface area contributed by atoms with Gasteiger partial charge in [-0.3, -0.25) is 0 Å². The van der Waals surface area contributed by atoms with E-state index < -0.39 is 0 Å². The maximum absolute atomic E-state index is 3.13. The third kappa shape index (κ3) is 1.63. The SMILES string of the molecule is CC1=CC(C(C)C)=C[CH]N1. The molecule has 0 saturated heterocycles. The highest BCUT2D eigenvalue weighted by Gasteiger charge is 2.03. The first-order chi connectivity index (χ1) is 4.70. The summed E-state index contributed by atoms with van der Waals surface area (Å²) in [6.45, 7) is 8.47. The normalized spacial score (nSPS) is 18.0. The highest BCUT2D eigenvalue weighted by Crippen LogP contribution is 2.15. The van der Waals surface area contributed by atoms with Crippen LogP contribution in [0.4, 0.5) is 0 Å². The zero-order valence-corrected chi connectivity index (χ0v) is 6.81. The van der Waals surface area contributed by atoms with Crippen molar-refractivity contribution in [1.82, 2.24) is 5.32 Å². The number of hydrogen-bond donors (Lipinski definition) is 1. The molecule has 10 heavy (non-hydrogen) atoms. The Morgan fingerprint density at radius 1 is 1.40 bits per heavy atom. The molecule has 0 atom stereocenters. The topological polar surface area (TPSA) is 12.0 Å². The second-order valence-electron chi connectivity index (χ2n) is 2.96. The summed E-state index contributed by atoms with van der Waals surface area (Å²) in [7, 11) is 0. The van der Waals surface area contributed by atoms with Crippen molar-refractivity contribution in [3.05, 3.63) is 30.0 Å². The molecule has 0 unspecified atom stereocenters. The Morgan fingerprint density at radius 2 is 2.10 bits per heavy atom. The average molecular weight is 136 g/mol. The molecule has 0 fully saturated rings. The van der Waals surface area contributed by atoms with Crippen molar-refractivity contribution in [1.29, 1.82) is 0 Å². The molecule has 1 nitrogen and oxygen atoms in total. The first-order valence-corrected chi connectivity index (χ1v) is 3.68. The molecular formula is C9H14N. The van der Waals surface area contributed by atoms with Crippen LogP contribution in [0.3, 0.4) is 0 Å². The number of allylic oxidation sites excluding steroid dienone is 3. The molecule has 0 saturated carbocycles. The summed E-state index contributed by atoms with van der Waals surface area (Å²) < 4.78 is 0. The van der Waals surface area contributed by atoms with Crippen LogP contribution in [-0.2, 0) is 0 Å². The van der Waals surface area contributed by atoms with Gasteiger partial charge in [-0.1, -0.05) is 19.9 Å². The van der Waals surface area contributed by atoms with Gasteiger partial charge in [-0.2, -0.15) is 0 Å². The molecule has 1 heteroatoms. The lowest BCUT2D eigenvalue weighted by atomic mass is 10.0. The van der Waals surface area contributed by atoms with Gasteiger partial charge in [0.2, 0.25) is 0 Å². The van der Waals surface area contributed by atoms with Crippen molar-refractivity contribution in [2.45, 2.75) is 20.8 Å². The maximum Gasteiger partial charge on any atom is 0.0685 e. The first-order valence-electron chi connectivity index (χ1n) is 3.68. The van der Waals surface area contributed by atoms with Gasteiger partial charge in [0.05, 0.1) is 6.54 Å². The lowest BCUT2D eigenvalue weighted by Crippen LogP contribution is -2.11. The van der Waals surface area contributed by atoms with E-state index in [2.05, 4.69) is 38.2 Å². The van der Waals surface area contributed by atoms with Crippen molar-refractivity contribution >= 4 is 0 Å². The number of hydrogen-bond acceptors (Lipinski definition) is 1. The van der Waals surface area contributed by atoms with E-state index >= 15 is 0 Å². The quantitative estimate of drug-likeness (QED) is 0.583. The standard InChI is InChI=1S/C9H14N/c1-7(2)9-4-5-10-8(3)6-9/h4-7,10H,1-3H3. The van der Waals surface area contributed by atoms with Gasteiger partial charge >= 0.3 is 0 Å². The first kappa shape index (κ1) is 7.39. The monoisotopic (exact) mass is 136 g/mol. The Balaban J connectivity index is 2.69. The van der Waals surface area contributed by atoms with E-state index in [9.17, 15) is 0 Å². The lowest BCUT2D eigenvalue weighted by Gasteiger charge is -2.14. The summed E-state index contributed by atoms with van der Waals surface area (Å²) in [4.78, 5) is 0. The summed E-state index contributed by atoms with van der Waals surface area (Å²) in [6.07, 6.45) is 4.31. The van der Waals surface area contributed by atoms with Crippen LogP contribution < -0.4 is 5.32 Å². The van der Waals surface area contributed by atoms with Crippen molar-refractivity contribution in [2.75, 3.05) is 0 Å². The van der Waals surface area contributed by atoms with Gasteiger partial charge in [0.1, 0.15) is 0 Å². The van der Waals surface area contributed by atoms with Gasteiger partial charge in [-0.25, -0.2) is 0 Å². The fourth-order valence-electron chi connectivity index (χ4n) is 0.968. The van der Waals surface area contributed by atoms with Crippen LogP contribution in [0.5, 0.6) is 0 Å². The van der Waals surface area contributed by atoms with Gasteiger partial charge in [-0.15, -0.1) is 0 Å². The summed E-state index contributed by atoms with van der Waals surface area (Å²) >= 11 is 0. The average Bonchev–Trinajstić information content (AvgIpc) is 1.88. The molecule has 0 aromatic rings. The molecular weight excluding hydrogens is 122 g/mol. The van der Waals surface area contributed by atoms with Crippen LogP contribution in [0.1, 0.15) is 20.8 Å². The fourth-order valence-corrected chi connectivity index (χ4v) is 0.968. The molecule has 0 aliphatic carbocycles. The third-order valence-corrected chi connectivity index (χ3v) is 1.64. The Labute approximate surface area is 62.8 Å². The molecule has 0 bridgehead atoms. The van der Waals surface area contributed by atoms with Crippen LogP contribution >= 0.6 is 0 Å². The van der Waals surface area contributed by atoms with Crippen molar-refractivity contribution in [3.8, 4) is 0 Å². The summed E-state index contributed by atoms with van der Waals surface area (Å²) in [5, 5.41) is 3.13. The predicted molar refractivity (Wildman–Crippen MR) is 44.1 cm³/mol. The fraction of sp³-hybridized carbons (Fsp3) is 0.444. The van der Waals surface area contributed by atoms with E-state index in [-0.39, 0.29) is 0 Å². The van der Waals surface area contributed by atoms with Crippen molar-refractivity contribution < 1.29 is 0 Å². The molecule has 1 aliphatic rings. The Morgan fingerprint density at radius 3 is 2.50 bits per heavy atom. The van der Waals surface area contributed by atoms with Crippen LogP contribution in [0, 0.1) is 12.5 Å². The van der Waals surface area contributed by atoms with Gasteiger partial charge in [0.25, 0.3) is 0 Å². The number of rotatable bonds is 1. The third-order valence-electron chi connectivity index (χ3n) is 1.64. The lowest BCUT2D eigenvalue weighted by molar-refractivity contribution is 0.773. The molecule has 1 heterocycles. The molecule has 0 amide bonds. The zero-order valence-electron chi connectivity index (χ0n) is 6.81. The van der Waals surface area contributed by atoms with E-state index in [0.717, 1.165) is 0 Å². The number of nitrogens with one attached hydrogen (secondary N) is 1. The predicted octanol–water partition coefficient (Wildman–Crippen LogP) is 2.24. The smallest absolute Gasteiger partial charge is 0.0685 e. The summed E-state index contributed by atoms with van der Waals surface area (Å²) in [5.74, 6) is 0.633. The van der Waals surface area contributed by atoms with Gasteiger partial charge in [-0.05, 0) is 24.5 Å². The molecule has 0 aromatic carbocycles. The minimum atomic E-state index is 0.633. The summed E-state index contributed by atoms with van der Waals surface area (Å²) in [6, 6.07) is 0. The van der Waals surface area contributed by atoms with Gasteiger partial charge in [0, 0.05) is 5.70 Å². The Bertz CT molecular complexity index is 175. The van der Waals surface area contributed by atoms with E-state index in [1.807, 2.05) is 6.54 Å². The number of dihydropyridines is 1. The van der Waals surface area contributed by atoms with Crippen LogP contribution in [-0.4, -0.2) is 0 Å². The van der Waals surface area contributed by atoms with Crippen molar-refractivity contribution in [2.24, 2.45) is 5.92 Å². The molecule has 55 valence electrons. The molecule has 1 N–H and O–H groups in total. The Kier molecular flexibility index (Phi) is 2.15. The molecule has 1 radical (unpaired) electrons. The molecule has 0 aromatic heterocycles. The van der Waals surface area contributed by atoms with E-state index in [1.54, 1.807) is 0 Å². The van der Waals surface area contributed by atoms with Crippen molar-refractivity contribution in [3.63, 3.8) is 0 Å². The highest BCUT2D eigenvalue weighted by molar-refractivity contribution is 5.30. The van der Waals surface area contributed by atoms with Gasteiger partial charge < -0.3 is 5.32 Å².